The average molecular weight is 284 g/mol. The van der Waals surface area contributed by atoms with Gasteiger partial charge in [-0.15, -0.1) is 0 Å². The van der Waals surface area contributed by atoms with Crippen molar-refractivity contribution in [1.82, 2.24) is 4.90 Å². The molecule has 0 fully saturated rings. The number of aliphatic imine (C=N–C) groups is 1. The van der Waals surface area contributed by atoms with Crippen LogP contribution in [-0.2, 0) is 6.54 Å². The maximum absolute atomic E-state index is 5.96. The molecule has 0 saturated carbocycles. The summed E-state index contributed by atoms with van der Waals surface area (Å²) in [7, 11) is 0. The van der Waals surface area contributed by atoms with E-state index in [1.54, 1.807) is 0 Å². The molecule has 0 radical (unpaired) electrons. The number of nitrogens with zero attached hydrogens (tertiary/aromatic N) is 2. The molecule has 0 atom stereocenters. The number of ether oxygens (including phenoxy) is 1. The molecule has 0 unspecified atom stereocenters. The zero-order chi connectivity index (χ0) is 14.3. The molecule has 0 bridgehead atoms. The summed E-state index contributed by atoms with van der Waals surface area (Å²) in [5, 5.41) is 0.660. The van der Waals surface area contributed by atoms with E-state index in [0.717, 1.165) is 24.4 Å². The van der Waals surface area contributed by atoms with Crippen molar-refractivity contribution in [3.63, 3.8) is 0 Å². The second kappa shape index (κ2) is 7.89. The van der Waals surface area contributed by atoms with Crippen LogP contribution in [-0.4, -0.2) is 30.6 Å². The van der Waals surface area contributed by atoms with Crippen molar-refractivity contribution in [3.05, 3.63) is 28.8 Å². The Bertz CT molecular complexity index is 431. The van der Waals surface area contributed by atoms with Gasteiger partial charge in [0.25, 0.3) is 0 Å². The lowest BCUT2D eigenvalue weighted by atomic mass is 10.2. The summed E-state index contributed by atoms with van der Waals surface area (Å²) < 4.78 is 5.56. The molecule has 4 nitrogen and oxygen atoms in total. The van der Waals surface area contributed by atoms with Crippen LogP contribution in [0.5, 0.6) is 5.75 Å². The second-order valence-electron chi connectivity index (χ2n) is 4.03. The Morgan fingerprint density at radius 1 is 1.32 bits per heavy atom. The average Bonchev–Trinajstić information content (AvgIpc) is 2.39. The van der Waals surface area contributed by atoms with E-state index < -0.39 is 0 Å². The summed E-state index contributed by atoms with van der Waals surface area (Å²) in [4.78, 5) is 6.42. The molecule has 0 amide bonds. The lowest BCUT2D eigenvalue weighted by Gasteiger charge is -2.19. The lowest BCUT2D eigenvalue weighted by Crippen LogP contribution is -2.37. The van der Waals surface area contributed by atoms with Crippen LogP contribution < -0.4 is 10.5 Å². The fourth-order valence-electron chi connectivity index (χ4n) is 1.76. The molecule has 1 aromatic rings. The Morgan fingerprint density at radius 2 is 2.00 bits per heavy atom. The predicted octanol–water partition coefficient (Wildman–Crippen LogP) is 2.90. The van der Waals surface area contributed by atoms with Crippen LogP contribution in [0.4, 0.5) is 0 Å². The third kappa shape index (κ3) is 4.63. The van der Waals surface area contributed by atoms with E-state index >= 15 is 0 Å². The van der Waals surface area contributed by atoms with Crippen molar-refractivity contribution in [3.8, 4) is 5.75 Å². The zero-order valence-electron chi connectivity index (χ0n) is 11.8. The smallest absolute Gasteiger partial charge is 0.191 e. The van der Waals surface area contributed by atoms with Gasteiger partial charge in [0.15, 0.2) is 5.96 Å². The number of hydrogen-bond acceptors (Lipinski definition) is 2. The molecule has 0 aliphatic heterocycles. The molecule has 106 valence electrons. The van der Waals surface area contributed by atoms with Crippen molar-refractivity contribution in [2.24, 2.45) is 10.7 Å². The molecular formula is C14H22ClN3O. The first-order chi connectivity index (χ1) is 9.12. The van der Waals surface area contributed by atoms with Crippen LogP contribution in [0, 0.1) is 0 Å². The number of halogens is 1. The Morgan fingerprint density at radius 3 is 2.58 bits per heavy atom. The summed E-state index contributed by atoms with van der Waals surface area (Å²) in [5.41, 5.74) is 6.94. The Hall–Kier alpha value is -1.42. The van der Waals surface area contributed by atoms with Crippen molar-refractivity contribution < 1.29 is 4.74 Å². The minimum Gasteiger partial charge on any atom is -0.493 e. The molecular weight excluding hydrogens is 262 g/mol. The summed E-state index contributed by atoms with van der Waals surface area (Å²) in [6.07, 6.45) is 0. The number of guanidine groups is 1. The van der Waals surface area contributed by atoms with Crippen LogP contribution >= 0.6 is 11.6 Å². The molecule has 1 aromatic carbocycles. The van der Waals surface area contributed by atoms with E-state index in [-0.39, 0.29) is 0 Å². The molecule has 0 saturated heterocycles. The van der Waals surface area contributed by atoms with E-state index in [2.05, 4.69) is 18.8 Å². The topological polar surface area (TPSA) is 50.9 Å². The molecule has 0 heterocycles. The fraction of sp³-hybridized carbons (Fsp3) is 0.500. The number of hydrogen-bond donors (Lipinski definition) is 1. The summed E-state index contributed by atoms with van der Waals surface area (Å²) in [6.45, 7) is 8.85. The standard InChI is InChI=1S/C14H22ClN3O/c1-4-18(5-2)14(16)17-10-11-7-8-12(15)9-13(11)19-6-3/h7-9H,4-6,10H2,1-3H3,(H2,16,17). The van der Waals surface area contributed by atoms with Gasteiger partial charge in [-0.2, -0.15) is 0 Å². The normalized spacial score (nSPS) is 11.5. The molecule has 19 heavy (non-hydrogen) atoms. The summed E-state index contributed by atoms with van der Waals surface area (Å²) in [5.74, 6) is 1.33. The zero-order valence-corrected chi connectivity index (χ0v) is 12.6. The van der Waals surface area contributed by atoms with Crippen LogP contribution in [0.15, 0.2) is 23.2 Å². The van der Waals surface area contributed by atoms with E-state index in [1.165, 1.54) is 0 Å². The highest BCUT2D eigenvalue weighted by Crippen LogP contribution is 2.24. The van der Waals surface area contributed by atoms with Gasteiger partial charge in [-0.05, 0) is 32.9 Å². The van der Waals surface area contributed by atoms with Gasteiger partial charge >= 0.3 is 0 Å². The first-order valence-corrected chi connectivity index (χ1v) is 6.96. The number of rotatable bonds is 6. The van der Waals surface area contributed by atoms with Crippen molar-refractivity contribution in [2.45, 2.75) is 27.3 Å². The highest BCUT2D eigenvalue weighted by Gasteiger charge is 2.06. The first kappa shape index (κ1) is 15.6. The molecule has 5 heteroatoms. The lowest BCUT2D eigenvalue weighted by molar-refractivity contribution is 0.336. The van der Waals surface area contributed by atoms with E-state index in [9.17, 15) is 0 Å². The Labute approximate surface area is 120 Å². The van der Waals surface area contributed by atoms with Crippen molar-refractivity contribution >= 4 is 17.6 Å². The summed E-state index contributed by atoms with van der Waals surface area (Å²) in [6, 6.07) is 5.57. The highest BCUT2D eigenvalue weighted by molar-refractivity contribution is 6.30. The van der Waals surface area contributed by atoms with E-state index in [4.69, 9.17) is 22.1 Å². The Balaban J connectivity index is 2.84. The van der Waals surface area contributed by atoms with Gasteiger partial charge in [-0.3, -0.25) is 0 Å². The second-order valence-corrected chi connectivity index (χ2v) is 4.47. The van der Waals surface area contributed by atoms with Crippen molar-refractivity contribution in [1.29, 1.82) is 0 Å². The third-order valence-corrected chi connectivity index (χ3v) is 3.06. The number of nitrogens with two attached hydrogens (primary N) is 1. The first-order valence-electron chi connectivity index (χ1n) is 6.58. The van der Waals surface area contributed by atoms with E-state index in [1.807, 2.05) is 30.0 Å². The van der Waals surface area contributed by atoms with Gasteiger partial charge in [-0.25, -0.2) is 4.99 Å². The van der Waals surface area contributed by atoms with Crippen LogP contribution in [0.2, 0.25) is 5.02 Å². The van der Waals surface area contributed by atoms with Gasteiger partial charge in [0.05, 0.1) is 13.2 Å². The molecule has 2 N–H and O–H groups in total. The highest BCUT2D eigenvalue weighted by atomic mass is 35.5. The largest absolute Gasteiger partial charge is 0.493 e. The number of benzene rings is 1. The molecule has 0 aliphatic rings. The Kier molecular flexibility index (Phi) is 6.50. The predicted molar refractivity (Wildman–Crippen MR) is 80.9 cm³/mol. The van der Waals surface area contributed by atoms with E-state index in [0.29, 0.717) is 24.1 Å². The molecule has 0 aromatic heterocycles. The van der Waals surface area contributed by atoms with Crippen LogP contribution in [0.3, 0.4) is 0 Å². The minimum absolute atomic E-state index is 0.495. The maximum atomic E-state index is 5.96. The third-order valence-electron chi connectivity index (χ3n) is 2.83. The van der Waals surface area contributed by atoms with Gasteiger partial charge < -0.3 is 15.4 Å². The quantitative estimate of drug-likeness (QED) is 0.645. The van der Waals surface area contributed by atoms with Gasteiger partial charge in [0.2, 0.25) is 0 Å². The van der Waals surface area contributed by atoms with Gasteiger partial charge in [-0.1, -0.05) is 17.7 Å². The molecule has 0 spiro atoms. The van der Waals surface area contributed by atoms with Crippen LogP contribution in [0.25, 0.3) is 0 Å². The maximum Gasteiger partial charge on any atom is 0.191 e. The fourth-order valence-corrected chi connectivity index (χ4v) is 1.92. The van der Waals surface area contributed by atoms with Gasteiger partial charge in [0.1, 0.15) is 5.75 Å². The SMILES string of the molecule is CCOc1cc(Cl)ccc1CN=C(N)N(CC)CC. The molecule has 0 aliphatic carbocycles. The minimum atomic E-state index is 0.495. The van der Waals surface area contributed by atoms with Gasteiger partial charge in [0, 0.05) is 23.7 Å². The van der Waals surface area contributed by atoms with Crippen molar-refractivity contribution in [2.75, 3.05) is 19.7 Å². The summed E-state index contributed by atoms with van der Waals surface area (Å²) >= 11 is 5.96. The molecule has 1 rings (SSSR count). The monoisotopic (exact) mass is 283 g/mol. The van der Waals surface area contributed by atoms with Crippen LogP contribution in [0.1, 0.15) is 26.3 Å².